The number of furan rings is 1. The third-order valence-electron chi connectivity index (χ3n) is 4.56. The Balaban J connectivity index is 1.79. The second kappa shape index (κ2) is 9.23. The molecule has 0 aromatic carbocycles. The Morgan fingerprint density at radius 3 is 2.00 bits per heavy atom. The average Bonchev–Trinajstić information content (AvgIpc) is 2.96. The van der Waals surface area contributed by atoms with E-state index in [1.54, 1.807) is 6.26 Å². The van der Waals surface area contributed by atoms with Crippen molar-refractivity contribution < 1.29 is 4.42 Å². The second-order valence-electron chi connectivity index (χ2n) is 6.36. The van der Waals surface area contributed by atoms with Crippen LogP contribution in [0, 0.1) is 0 Å². The van der Waals surface area contributed by atoms with Gasteiger partial charge in [-0.1, -0.05) is 57.8 Å². The fraction of sp³-hybridized carbons (Fsp3) is 0.778. The Hall–Kier alpha value is -0.760. The number of hydrogen-bond acceptors (Lipinski definition) is 2. The summed E-state index contributed by atoms with van der Waals surface area (Å²) in [6, 6.07) is 5.05. The molecule has 1 aliphatic carbocycles. The van der Waals surface area contributed by atoms with Crippen LogP contribution in [0.25, 0.3) is 0 Å². The summed E-state index contributed by atoms with van der Waals surface area (Å²) in [6.45, 7) is 2.22. The quantitative estimate of drug-likeness (QED) is 0.777. The van der Waals surface area contributed by atoms with Crippen LogP contribution in [0.3, 0.4) is 0 Å². The average molecular weight is 277 g/mol. The van der Waals surface area contributed by atoms with Crippen molar-refractivity contribution in [2.75, 3.05) is 0 Å². The maximum absolute atomic E-state index is 5.51. The summed E-state index contributed by atoms with van der Waals surface area (Å²) >= 11 is 0. The summed E-state index contributed by atoms with van der Waals surface area (Å²) in [4.78, 5) is 0. The van der Waals surface area contributed by atoms with Crippen LogP contribution in [0.5, 0.6) is 0 Å². The fourth-order valence-corrected chi connectivity index (χ4v) is 3.30. The van der Waals surface area contributed by atoms with E-state index in [9.17, 15) is 0 Å². The lowest BCUT2D eigenvalue weighted by molar-refractivity contribution is 0.345. The number of rotatable bonds is 3. The fourth-order valence-electron chi connectivity index (χ4n) is 3.30. The van der Waals surface area contributed by atoms with Gasteiger partial charge in [-0.05, 0) is 31.9 Å². The van der Waals surface area contributed by atoms with Gasteiger partial charge in [0.1, 0.15) is 5.76 Å². The van der Waals surface area contributed by atoms with Crippen LogP contribution in [-0.2, 0) is 0 Å². The summed E-state index contributed by atoms with van der Waals surface area (Å²) in [5.74, 6) is 1.07. The standard InChI is InChI=1S/C18H31NO/c1-16(18-14-11-15-20-18)19-17-12-9-7-5-3-2-4-6-8-10-13-17/h11,14-17,19H,2-10,12-13H2,1H3/t16-/m0/s1. The molecular formula is C18H31NO. The van der Waals surface area contributed by atoms with Crippen LogP contribution in [-0.4, -0.2) is 6.04 Å². The molecule has 1 aromatic rings. The van der Waals surface area contributed by atoms with Crippen molar-refractivity contribution in [1.29, 1.82) is 0 Å². The first kappa shape index (κ1) is 15.6. The molecule has 0 spiro atoms. The van der Waals surface area contributed by atoms with Crippen LogP contribution < -0.4 is 5.32 Å². The first-order valence-electron chi connectivity index (χ1n) is 8.66. The normalized spacial score (nSPS) is 21.9. The van der Waals surface area contributed by atoms with Crippen LogP contribution >= 0.6 is 0 Å². The van der Waals surface area contributed by atoms with Crippen LogP contribution in [0.1, 0.15) is 89.4 Å². The molecule has 1 aromatic heterocycles. The van der Waals surface area contributed by atoms with Gasteiger partial charge in [-0.25, -0.2) is 0 Å². The van der Waals surface area contributed by atoms with E-state index in [4.69, 9.17) is 4.42 Å². The van der Waals surface area contributed by atoms with E-state index < -0.39 is 0 Å². The van der Waals surface area contributed by atoms with Gasteiger partial charge in [0.05, 0.1) is 12.3 Å². The largest absolute Gasteiger partial charge is 0.468 e. The maximum Gasteiger partial charge on any atom is 0.120 e. The molecule has 2 rings (SSSR count). The van der Waals surface area contributed by atoms with Crippen molar-refractivity contribution in [2.24, 2.45) is 0 Å². The van der Waals surface area contributed by atoms with Crippen molar-refractivity contribution in [3.8, 4) is 0 Å². The van der Waals surface area contributed by atoms with E-state index in [0.29, 0.717) is 12.1 Å². The van der Waals surface area contributed by atoms with Crippen molar-refractivity contribution in [3.05, 3.63) is 24.2 Å². The minimum Gasteiger partial charge on any atom is -0.468 e. The van der Waals surface area contributed by atoms with Gasteiger partial charge in [0.2, 0.25) is 0 Å². The maximum atomic E-state index is 5.51. The van der Waals surface area contributed by atoms with E-state index in [-0.39, 0.29) is 0 Å². The Morgan fingerprint density at radius 1 is 0.950 bits per heavy atom. The van der Waals surface area contributed by atoms with Gasteiger partial charge in [0.25, 0.3) is 0 Å². The zero-order valence-corrected chi connectivity index (χ0v) is 13.1. The highest BCUT2D eigenvalue weighted by molar-refractivity contribution is 5.03. The van der Waals surface area contributed by atoms with Gasteiger partial charge in [-0.2, -0.15) is 0 Å². The highest BCUT2D eigenvalue weighted by Gasteiger charge is 2.15. The summed E-state index contributed by atoms with van der Waals surface area (Å²) in [5.41, 5.74) is 0. The van der Waals surface area contributed by atoms with Crippen molar-refractivity contribution in [2.45, 2.75) is 89.6 Å². The smallest absolute Gasteiger partial charge is 0.120 e. The molecule has 0 bridgehead atoms. The van der Waals surface area contributed by atoms with Gasteiger partial charge < -0.3 is 9.73 Å². The summed E-state index contributed by atoms with van der Waals surface area (Å²) in [6.07, 6.45) is 17.2. The molecule has 1 atom stereocenters. The molecule has 1 aliphatic rings. The molecule has 2 heteroatoms. The minimum absolute atomic E-state index is 0.336. The summed E-state index contributed by atoms with van der Waals surface area (Å²) in [5, 5.41) is 3.78. The monoisotopic (exact) mass is 277 g/mol. The van der Waals surface area contributed by atoms with Crippen LogP contribution in [0.15, 0.2) is 22.8 Å². The lowest BCUT2D eigenvalue weighted by Gasteiger charge is -2.23. The van der Waals surface area contributed by atoms with E-state index in [1.807, 2.05) is 6.07 Å². The van der Waals surface area contributed by atoms with Crippen LogP contribution in [0.4, 0.5) is 0 Å². The molecular weight excluding hydrogens is 246 g/mol. The molecule has 1 N–H and O–H groups in total. The van der Waals surface area contributed by atoms with Gasteiger partial charge in [0.15, 0.2) is 0 Å². The van der Waals surface area contributed by atoms with Crippen molar-refractivity contribution in [1.82, 2.24) is 5.32 Å². The Kier molecular flexibility index (Phi) is 7.21. The van der Waals surface area contributed by atoms with Crippen LogP contribution in [0.2, 0.25) is 0 Å². The van der Waals surface area contributed by atoms with E-state index in [1.165, 1.54) is 70.6 Å². The Bertz CT molecular complexity index is 321. The molecule has 2 nitrogen and oxygen atoms in total. The van der Waals surface area contributed by atoms with E-state index in [0.717, 1.165) is 5.76 Å². The van der Waals surface area contributed by atoms with Gasteiger partial charge in [0, 0.05) is 6.04 Å². The highest BCUT2D eigenvalue weighted by Crippen LogP contribution is 2.20. The van der Waals surface area contributed by atoms with Gasteiger partial charge in [-0.15, -0.1) is 0 Å². The lowest BCUT2D eigenvalue weighted by atomic mass is 9.97. The molecule has 0 unspecified atom stereocenters. The first-order chi connectivity index (χ1) is 9.86. The Morgan fingerprint density at radius 2 is 1.50 bits per heavy atom. The zero-order valence-electron chi connectivity index (χ0n) is 13.1. The van der Waals surface area contributed by atoms with Gasteiger partial charge >= 0.3 is 0 Å². The van der Waals surface area contributed by atoms with E-state index in [2.05, 4.69) is 18.3 Å². The number of nitrogens with one attached hydrogen (secondary N) is 1. The Labute approximate surface area is 124 Å². The molecule has 0 aliphatic heterocycles. The zero-order chi connectivity index (χ0) is 14.0. The van der Waals surface area contributed by atoms with E-state index >= 15 is 0 Å². The molecule has 1 fully saturated rings. The molecule has 20 heavy (non-hydrogen) atoms. The lowest BCUT2D eigenvalue weighted by Crippen LogP contribution is -2.31. The third kappa shape index (κ3) is 5.70. The molecule has 1 heterocycles. The second-order valence-corrected chi connectivity index (χ2v) is 6.36. The first-order valence-corrected chi connectivity index (χ1v) is 8.66. The third-order valence-corrected chi connectivity index (χ3v) is 4.56. The number of hydrogen-bond donors (Lipinski definition) is 1. The molecule has 0 radical (unpaired) electrons. The summed E-state index contributed by atoms with van der Waals surface area (Å²) < 4.78 is 5.51. The van der Waals surface area contributed by atoms with Crippen molar-refractivity contribution in [3.63, 3.8) is 0 Å². The topological polar surface area (TPSA) is 25.2 Å². The predicted octanol–water partition coefficient (Wildman–Crippen LogP) is 5.60. The SMILES string of the molecule is C[C@H](NC1CCCCCCCCCCC1)c1ccco1. The predicted molar refractivity (Wildman–Crippen MR) is 84.8 cm³/mol. The molecule has 0 amide bonds. The highest BCUT2D eigenvalue weighted by atomic mass is 16.3. The summed E-state index contributed by atoms with van der Waals surface area (Å²) in [7, 11) is 0. The van der Waals surface area contributed by atoms with Gasteiger partial charge in [-0.3, -0.25) is 0 Å². The molecule has 114 valence electrons. The molecule has 0 saturated heterocycles. The minimum atomic E-state index is 0.336. The van der Waals surface area contributed by atoms with Crippen molar-refractivity contribution >= 4 is 0 Å². The molecule has 1 saturated carbocycles.